The van der Waals surface area contributed by atoms with Crippen LogP contribution >= 0.6 is 0 Å². The minimum absolute atomic E-state index is 0.0259. The largest absolute Gasteiger partial charge is 0.463 e. The number of nitrogens with one attached hydrogen (secondary N) is 1. The second kappa shape index (κ2) is 9.28. The smallest absolute Gasteiger partial charge is 0.338 e. The molecule has 0 saturated heterocycles. The van der Waals surface area contributed by atoms with Gasteiger partial charge in [0.2, 0.25) is 11.9 Å². The van der Waals surface area contributed by atoms with Crippen molar-refractivity contribution in [2.75, 3.05) is 23.4 Å². The SMILES string of the molecule is CCOC(=O)C1=C(C)N(CC(=O)Nc2ccc(C)c(C)c2)c2ncnn2[C@H]1c1ccccc1. The summed E-state index contributed by atoms with van der Waals surface area (Å²) in [4.78, 5) is 32.1. The van der Waals surface area contributed by atoms with Crippen molar-refractivity contribution in [1.82, 2.24) is 14.8 Å². The Morgan fingerprint density at radius 2 is 1.82 bits per heavy atom. The quantitative estimate of drug-likeness (QED) is 0.581. The number of hydrogen-bond donors (Lipinski definition) is 1. The predicted molar refractivity (Wildman–Crippen MR) is 126 cm³/mol. The molecule has 0 spiro atoms. The minimum atomic E-state index is -0.498. The average molecular weight is 446 g/mol. The van der Waals surface area contributed by atoms with Crippen molar-refractivity contribution in [1.29, 1.82) is 0 Å². The molecule has 8 heteroatoms. The zero-order chi connectivity index (χ0) is 23.5. The number of ether oxygens (including phenoxy) is 1. The number of rotatable bonds is 6. The Hall–Kier alpha value is -3.94. The van der Waals surface area contributed by atoms with Gasteiger partial charge in [-0.05, 0) is 56.5 Å². The van der Waals surface area contributed by atoms with Gasteiger partial charge in [0, 0.05) is 11.4 Å². The van der Waals surface area contributed by atoms with Crippen LogP contribution in [0.15, 0.2) is 66.1 Å². The fourth-order valence-corrected chi connectivity index (χ4v) is 4.00. The summed E-state index contributed by atoms with van der Waals surface area (Å²) in [6, 6.07) is 14.9. The van der Waals surface area contributed by atoms with E-state index in [0.29, 0.717) is 17.2 Å². The molecule has 8 nitrogen and oxygen atoms in total. The maximum atomic E-state index is 13.0. The molecule has 1 amide bonds. The molecule has 0 fully saturated rings. The number of aromatic nitrogens is 3. The van der Waals surface area contributed by atoms with Crippen LogP contribution in [0.1, 0.15) is 36.6 Å². The van der Waals surface area contributed by atoms with Crippen molar-refractivity contribution in [2.45, 2.75) is 33.7 Å². The Bertz CT molecular complexity index is 1220. The van der Waals surface area contributed by atoms with Crippen molar-refractivity contribution >= 4 is 23.5 Å². The highest BCUT2D eigenvalue weighted by Crippen LogP contribution is 2.38. The van der Waals surface area contributed by atoms with Crippen LogP contribution in [0.4, 0.5) is 11.6 Å². The van der Waals surface area contributed by atoms with Crippen LogP contribution in [0, 0.1) is 13.8 Å². The summed E-state index contributed by atoms with van der Waals surface area (Å²) in [7, 11) is 0. The number of fused-ring (bicyclic) bond motifs is 1. The summed E-state index contributed by atoms with van der Waals surface area (Å²) in [5, 5.41) is 7.33. The highest BCUT2D eigenvalue weighted by atomic mass is 16.5. The van der Waals surface area contributed by atoms with Gasteiger partial charge in [-0.2, -0.15) is 10.1 Å². The van der Waals surface area contributed by atoms with Crippen molar-refractivity contribution in [3.8, 4) is 0 Å². The molecule has 1 N–H and O–H groups in total. The lowest BCUT2D eigenvalue weighted by Crippen LogP contribution is -2.40. The molecule has 170 valence electrons. The number of nitrogens with zero attached hydrogens (tertiary/aromatic N) is 4. The van der Waals surface area contributed by atoms with E-state index >= 15 is 0 Å². The van der Waals surface area contributed by atoms with E-state index in [-0.39, 0.29) is 19.1 Å². The Morgan fingerprint density at radius 3 is 2.52 bits per heavy atom. The van der Waals surface area contributed by atoms with Crippen LogP contribution in [0.5, 0.6) is 0 Å². The van der Waals surface area contributed by atoms with Gasteiger partial charge in [0.25, 0.3) is 0 Å². The van der Waals surface area contributed by atoms with E-state index < -0.39 is 12.0 Å². The van der Waals surface area contributed by atoms with Crippen LogP contribution in [0.2, 0.25) is 0 Å². The molecule has 1 aliphatic heterocycles. The number of carbonyl (C=O) groups is 2. The molecule has 0 unspecified atom stereocenters. The summed E-state index contributed by atoms with van der Waals surface area (Å²) in [5.41, 5.74) is 4.89. The van der Waals surface area contributed by atoms with Crippen molar-refractivity contribution in [3.63, 3.8) is 0 Å². The Balaban J connectivity index is 1.70. The monoisotopic (exact) mass is 445 g/mol. The van der Waals surface area contributed by atoms with Gasteiger partial charge in [-0.1, -0.05) is 36.4 Å². The van der Waals surface area contributed by atoms with Gasteiger partial charge in [0.1, 0.15) is 18.9 Å². The van der Waals surface area contributed by atoms with Gasteiger partial charge in [0.15, 0.2) is 0 Å². The van der Waals surface area contributed by atoms with Crippen molar-refractivity contribution in [3.05, 3.63) is 82.8 Å². The standard InChI is InChI=1S/C25H27N5O3/c1-5-33-24(32)22-18(4)29(14-21(31)28-20-12-11-16(2)17(3)13-20)25-26-15-27-30(25)23(22)19-9-7-6-8-10-19/h6-13,15,23H,5,14H2,1-4H3,(H,28,31)/t23-/m0/s1. The van der Waals surface area contributed by atoms with Gasteiger partial charge in [0.05, 0.1) is 12.2 Å². The van der Waals surface area contributed by atoms with Crippen LogP contribution in [0.25, 0.3) is 0 Å². The number of amides is 1. The number of hydrogen-bond acceptors (Lipinski definition) is 6. The van der Waals surface area contributed by atoms with Gasteiger partial charge in [-0.15, -0.1) is 0 Å². The maximum Gasteiger partial charge on any atom is 0.338 e. The molecule has 3 aromatic rings. The number of aryl methyl sites for hydroxylation is 2. The number of allylic oxidation sites excluding steroid dienone is 1. The van der Waals surface area contributed by atoms with E-state index in [1.54, 1.807) is 16.5 Å². The summed E-state index contributed by atoms with van der Waals surface area (Å²) < 4.78 is 7.05. The molecular weight excluding hydrogens is 418 g/mol. The second-order valence-electron chi connectivity index (χ2n) is 7.97. The van der Waals surface area contributed by atoms with Crippen molar-refractivity contribution < 1.29 is 14.3 Å². The fraction of sp³-hybridized carbons (Fsp3) is 0.280. The van der Waals surface area contributed by atoms with Crippen LogP contribution in [-0.4, -0.2) is 39.8 Å². The predicted octanol–water partition coefficient (Wildman–Crippen LogP) is 3.78. The number of carbonyl (C=O) groups excluding carboxylic acids is 2. The van der Waals surface area contributed by atoms with E-state index in [1.807, 2.05) is 69.3 Å². The molecule has 0 saturated carbocycles. The van der Waals surface area contributed by atoms with Crippen LogP contribution in [-0.2, 0) is 14.3 Å². The number of benzene rings is 2. The second-order valence-corrected chi connectivity index (χ2v) is 7.97. The van der Waals surface area contributed by atoms with E-state index in [4.69, 9.17) is 4.74 Å². The summed E-state index contributed by atoms with van der Waals surface area (Å²) in [5.74, 6) is -0.178. The molecule has 33 heavy (non-hydrogen) atoms. The molecule has 1 atom stereocenters. The Morgan fingerprint density at radius 1 is 1.06 bits per heavy atom. The van der Waals surface area contributed by atoms with Crippen molar-refractivity contribution in [2.24, 2.45) is 0 Å². The highest BCUT2D eigenvalue weighted by molar-refractivity contribution is 5.96. The normalized spacial score (nSPS) is 15.3. The molecule has 2 heterocycles. The summed E-state index contributed by atoms with van der Waals surface area (Å²) >= 11 is 0. The molecule has 4 rings (SSSR count). The Kier molecular flexibility index (Phi) is 6.26. The lowest BCUT2D eigenvalue weighted by atomic mass is 9.95. The van der Waals surface area contributed by atoms with E-state index in [9.17, 15) is 9.59 Å². The summed E-state index contributed by atoms with van der Waals surface area (Å²) in [6.07, 6.45) is 1.43. The van der Waals surface area contributed by atoms with E-state index in [2.05, 4.69) is 15.4 Å². The lowest BCUT2D eigenvalue weighted by Gasteiger charge is -2.35. The first-order valence-electron chi connectivity index (χ1n) is 10.9. The maximum absolute atomic E-state index is 13.0. The average Bonchev–Trinajstić information content (AvgIpc) is 3.28. The number of esters is 1. The molecule has 0 radical (unpaired) electrons. The van der Waals surface area contributed by atoms with Crippen LogP contribution in [0.3, 0.4) is 0 Å². The van der Waals surface area contributed by atoms with Crippen LogP contribution < -0.4 is 10.2 Å². The zero-order valence-electron chi connectivity index (χ0n) is 19.2. The molecular formula is C25H27N5O3. The zero-order valence-corrected chi connectivity index (χ0v) is 19.2. The molecule has 1 aromatic heterocycles. The van der Waals surface area contributed by atoms with Gasteiger partial charge in [-0.3, -0.25) is 4.79 Å². The van der Waals surface area contributed by atoms with Gasteiger partial charge >= 0.3 is 5.97 Å². The lowest BCUT2D eigenvalue weighted by molar-refractivity contribution is -0.139. The first-order chi connectivity index (χ1) is 15.9. The third-order valence-corrected chi connectivity index (χ3v) is 5.81. The molecule has 1 aliphatic rings. The first-order valence-corrected chi connectivity index (χ1v) is 10.9. The Labute approximate surface area is 192 Å². The first kappa shape index (κ1) is 22.3. The van der Waals surface area contributed by atoms with E-state index in [1.165, 1.54) is 6.33 Å². The third kappa shape index (κ3) is 4.37. The molecule has 0 aliphatic carbocycles. The molecule has 0 bridgehead atoms. The minimum Gasteiger partial charge on any atom is -0.463 e. The number of anilines is 2. The third-order valence-electron chi connectivity index (χ3n) is 5.81. The summed E-state index contributed by atoms with van der Waals surface area (Å²) in [6.45, 7) is 7.82. The topological polar surface area (TPSA) is 89.3 Å². The highest BCUT2D eigenvalue weighted by Gasteiger charge is 2.38. The van der Waals surface area contributed by atoms with Gasteiger partial charge in [-0.25, -0.2) is 9.48 Å². The van der Waals surface area contributed by atoms with Gasteiger partial charge < -0.3 is 15.0 Å². The molecule has 2 aromatic carbocycles. The fourth-order valence-electron chi connectivity index (χ4n) is 4.00. The van der Waals surface area contributed by atoms with E-state index in [0.717, 1.165) is 22.4 Å².